The lowest BCUT2D eigenvalue weighted by molar-refractivity contribution is 0.0600. The van der Waals surface area contributed by atoms with Gasteiger partial charge in [-0.2, -0.15) is 5.10 Å². The van der Waals surface area contributed by atoms with Gasteiger partial charge < -0.3 is 18.9 Å². The molecule has 0 saturated carbocycles. The average Bonchev–Trinajstić information content (AvgIpc) is 3.11. The lowest BCUT2D eigenvalue weighted by Gasteiger charge is -2.17. The van der Waals surface area contributed by atoms with E-state index in [4.69, 9.17) is 54.4 Å². The molecular weight excluding hydrogens is 564 g/mol. The fourth-order valence-corrected chi connectivity index (χ4v) is 4.22. The first-order valence-electron chi connectivity index (χ1n) is 11.6. The quantitative estimate of drug-likeness (QED) is 0.0728. The first-order chi connectivity index (χ1) is 17.2. The Hall–Kier alpha value is -1.85. The van der Waals surface area contributed by atoms with Crippen LogP contribution in [0.5, 0.6) is 5.75 Å². The zero-order chi connectivity index (χ0) is 27.8. The predicted molar refractivity (Wildman–Crippen MR) is 145 cm³/mol. The standard InChI is InChI=1S/C24H33Cl3FN3O5Si/c1-16-18(7-6-10-35-21-13-17(22(32)33-2)8-9-19(21)28)20(14-36-23(29)24(25,26)27)31(30-16)15-34-11-12-37(3,4)5/h8-9,13,29H,6-7,10-12,14-15H2,1-5H3. The number of carbonyl (C=O) groups is 1. The molecule has 0 radical (unpaired) electrons. The molecule has 2 rings (SSSR count). The minimum Gasteiger partial charge on any atom is -0.490 e. The Balaban J connectivity index is 2.10. The smallest absolute Gasteiger partial charge is 0.337 e. The van der Waals surface area contributed by atoms with Crippen LogP contribution in [-0.2, 0) is 34.0 Å². The van der Waals surface area contributed by atoms with Crippen LogP contribution >= 0.6 is 34.8 Å². The van der Waals surface area contributed by atoms with Crippen molar-refractivity contribution in [2.24, 2.45) is 0 Å². The molecular formula is C24H33Cl3FN3O5Si. The molecule has 13 heteroatoms. The Morgan fingerprint density at radius 2 is 1.92 bits per heavy atom. The largest absolute Gasteiger partial charge is 0.490 e. The van der Waals surface area contributed by atoms with E-state index in [1.54, 1.807) is 4.68 Å². The van der Waals surface area contributed by atoms with E-state index in [9.17, 15) is 9.18 Å². The summed E-state index contributed by atoms with van der Waals surface area (Å²) >= 11 is 17.3. The minimum absolute atomic E-state index is 0.0363. The molecule has 0 amide bonds. The summed E-state index contributed by atoms with van der Waals surface area (Å²) in [4.78, 5) is 11.7. The normalized spacial score (nSPS) is 11.9. The lowest BCUT2D eigenvalue weighted by Crippen LogP contribution is -2.23. The third kappa shape index (κ3) is 10.1. The molecule has 8 nitrogen and oxygen atoms in total. The summed E-state index contributed by atoms with van der Waals surface area (Å²) in [5.74, 6) is -1.69. The number of hydrogen-bond donors (Lipinski definition) is 1. The number of nitrogens with one attached hydrogen (secondary N) is 1. The monoisotopic (exact) mass is 595 g/mol. The maximum absolute atomic E-state index is 14.1. The van der Waals surface area contributed by atoms with Crippen LogP contribution < -0.4 is 4.74 Å². The summed E-state index contributed by atoms with van der Waals surface area (Å²) < 4.78 is 35.4. The van der Waals surface area contributed by atoms with E-state index in [0.717, 1.165) is 23.4 Å². The molecule has 0 aliphatic rings. The van der Waals surface area contributed by atoms with Crippen molar-refractivity contribution in [1.82, 2.24) is 9.78 Å². The molecule has 1 N–H and O–H groups in total. The van der Waals surface area contributed by atoms with Crippen molar-refractivity contribution in [2.45, 2.75) is 62.6 Å². The highest BCUT2D eigenvalue weighted by Gasteiger charge is 2.29. The molecule has 0 aliphatic heterocycles. The van der Waals surface area contributed by atoms with E-state index >= 15 is 0 Å². The Labute approximate surface area is 232 Å². The van der Waals surface area contributed by atoms with E-state index in [-0.39, 0.29) is 31.3 Å². The van der Waals surface area contributed by atoms with Crippen molar-refractivity contribution in [2.75, 3.05) is 20.3 Å². The summed E-state index contributed by atoms with van der Waals surface area (Å²) in [6.07, 6.45) is 1.04. The van der Waals surface area contributed by atoms with Gasteiger partial charge >= 0.3 is 5.97 Å². The van der Waals surface area contributed by atoms with Gasteiger partial charge in [-0.3, -0.25) is 5.41 Å². The second-order valence-electron chi connectivity index (χ2n) is 9.56. The van der Waals surface area contributed by atoms with Gasteiger partial charge in [-0.05, 0) is 49.6 Å². The Kier molecular flexibility index (Phi) is 11.7. The number of ether oxygens (including phenoxy) is 4. The minimum atomic E-state index is -1.98. The first kappa shape index (κ1) is 31.4. The van der Waals surface area contributed by atoms with E-state index in [1.165, 1.54) is 19.2 Å². The molecule has 2 aromatic rings. The maximum atomic E-state index is 14.1. The number of aromatic nitrogens is 2. The zero-order valence-electron chi connectivity index (χ0n) is 21.6. The Bertz CT molecular complexity index is 1090. The number of alkyl halides is 3. The molecule has 0 atom stereocenters. The number of benzene rings is 1. The molecule has 0 spiro atoms. The Morgan fingerprint density at radius 1 is 1.22 bits per heavy atom. The van der Waals surface area contributed by atoms with Crippen molar-refractivity contribution in [3.05, 3.63) is 46.5 Å². The van der Waals surface area contributed by atoms with Gasteiger partial charge in [-0.1, -0.05) is 54.4 Å². The van der Waals surface area contributed by atoms with Gasteiger partial charge in [0.25, 0.3) is 3.79 Å². The van der Waals surface area contributed by atoms with E-state index in [2.05, 4.69) is 29.5 Å². The van der Waals surface area contributed by atoms with Crippen molar-refractivity contribution in [3.8, 4) is 5.75 Å². The van der Waals surface area contributed by atoms with Crippen LogP contribution in [0.4, 0.5) is 4.39 Å². The molecule has 0 aliphatic carbocycles. The zero-order valence-corrected chi connectivity index (χ0v) is 24.9. The van der Waals surface area contributed by atoms with Gasteiger partial charge in [-0.15, -0.1) is 0 Å². The average molecular weight is 597 g/mol. The highest BCUT2D eigenvalue weighted by Crippen LogP contribution is 2.29. The van der Waals surface area contributed by atoms with Crippen molar-refractivity contribution < 1.29 is 28.1 Å². The SMILES string of the molecule is COC(=O)c1ccc(F)c(OCCCc2c(C)nn(COCC[Si](C)(C)C)c2COC(=N)C(Cl)(Cl)Cl)c1. The maximum Gasteiger partial charge on any atom is 0.337 e. The Morgan fingerprint density at radius 3 is 2.54 bits per heavy atom. The fourth-order valence-electron chi connectivity index (χ4n) is 3.30. The topological polar surface area (TPSA) is 95.7 Å². The molecule has 37 heavy (non-hydrogen) atoms. The molecule has 1 aromatic heterocycles. The third-order valence-electron chi connectivity index (χ3n) is 5.37. The van der Waals surface area contributed by atoms with Gasteiger partial charge in [0.05, 0.1) is 30.7 Å². The van der Waals surface area contributed by atoms with E-state index in [0.29, 0.717) is 25.1 Å². The number of nitrogens with zero attached hydrogens (tertiary/aromatic N) is 2. The fraction of sp³-hybridized carbons (Fsp3) is 0.542. The number of hydrogen-bond acceptors (Lipinski definition) is 7. The van der Waals surface area contributed by atoms with Crippen LogP contribution in [0.1, 0.15) is 33.7 Å². The summed E-state index contributed by atoms with van der Waals surface area (Å²) in [6, 6.07) is 4.81. The third-order valence-corrected chi connectivity index (χ3v) is 7.59. The summed E-state index contributed by atoms with van der Waals surface area (Å²) in [5, 5.41) is 12.4. The summed E-state index contributed by atoms with van der Waals surface area (Å²) in [5.41, 5.74) is 2.51. The van der Waals surface area contributed by atoms with Gasteiger partial charge in [0.2, 0.25) is 5.90 Å². The van der Waals surface area contributed by atoms with Gasteiger partial charge in [-0.25, -0.2) is 13.9 Å². The summed E-state index contributed by atoms with van der Waals surface area (Å²) in [7, 11) is 0.00250. The lowest BCUT2D eigenvalue weighted by atomic mass is 10.1. The van der Waals surface area contributed by atoms with Crippen LogP contribution in [0.25, 0.3) is 0 Å². The van der Waals surface area contributed by atoms with Gasteiger partial charge in [0.15, 0.2) is 11.6 Å². The van der Waals surface area contributed by atoms with Crippen molar-refractivity contribution in [3.63, 3.8) is 0 Å². The predicted octanol–water partition coefficient (Wildman–Crippen LogP) is 6.31. The van der Waals surface area contributed by atoms with Crippen LogP contribution in [0, 0.1) is 18.2 Å². The van der Waals surface area contributed by atoms with Crippen LogP contribution in [0.15, 0.2) is 18.2 Å². The summed E-state index contributed by atoms with van der Waals surface area (Å²) in [6.45, 7) is 9.64. The highest BCUT2D eigenvalue weighted by molar-refractivity contribution is 6.76. The number of halogens is 4. The van der Waals surface area contributed by atoms with Crippen LogP contribution in [0.3, 0.4) is 0 Å². The van der Waals surface area contributed by atoms with Crippen LogP contribution in [0.2, 0.25) is 25.7 Å². The number of aryl methyl sites for hydroxylation is 1. The molecule has 1 heterocycles. The molecule has 1 aromatic carbocycles. The molecule has 0 unspecified atom stereocenters. The highest BCUT2D eigenvalue weighted by atomic mass is 35.6. The second-order valence-corrected chi connectivity index (χ2v) is 17.5. The molecule has 0 fully saturated rings. The first-order valence-corrected chi connectivity index (χ1v) is 16.5. The van der Waals surface area contributed by atoms with E-state index in [1.807, 2.05) is 6.92 Å². The van der Waals surface area contributed by atoms with Crippen molar-refractivity contribution in [1.29, 1.82) is 5.41 Å². The molecule has 0 saturated heterocycles. The van der Waals surface area contributed by atoms with Crippen molar-refractivity contribution >= 4 is 54.7 Å². The number of rotatable bonds is 13. The number of esters is 1. The van der Waals surface area contributed by atoms with Gasteiger partial charge in [0, 0.05) is 14.7 Å². The van der Waals surface area contributed by atoms with Gasteiger partial charge in [0.1, 0.15) is 13.3 Å². The number of methoxy groups -OCH3 is 1. The second kappa shape index (κ2) is 13.8. The number of carbonyl (C=O) groups excluding carboxylic acids is 1. The molecule has 206 valence electrons. The van der Waals surface area contributed by atoms with E-state index < -0.39 is 29.6 Å². The molecule has 0 bridgehead atoms. The van der Waals surface area contributed by atoms with Crippen LogP contribution in [-0.4, -0.2) is 53.8 Å².